The van der Waals surface area contributed by atoms with Gasteiger partial charge in [-0.2, -0.15) is 0 Å². The summed E-state index contributed by atoms with van der Waals surface area (Å²) in [6.07, 6.45) is -0.106. The molecule has 0 spiro atoms. The van der Waals surface area contributed by atoms with Crippen LogP contribution in [0.15, 0.2) is 72.8 Å². The highest BCUT2D eigenvalue weighted by Gasteiger charge is 2.30. The molecule has 0 aromatic heterocycles. The first-order valence-corrected chi connectivity index (χ1v) is 15.8. The number of hydrogen-bond donors (Lipinski definition) is 3. The van der Waals surface area contributed by atoms with Gasteiger partial charge >= 0.3 is 0 Å². The van der Waals surface area contributed by atoms with Crippen molar-refractivity contribution in [2.24, 2.45) is 0 Å². The Labute approximate surface area is 270 Å². The summed E-state index contributed by atoms with van der Waals surface area (Å²) in [5.41, 5.74) is 3.22. The molecule has 1 heterocycles. The molecule has 0 aliphatic carbocycles. The maximum absolute atomic E-state index is 13.7. The molecule has 3 aromatic rings. The zero-order chi connectivity index (χ0) is 33.1. The quantitative estimate of drug-likeness (QED) is 0.310. The molecule has 1 aliphatic heterocycles. The van der Waals surface area contributed by atoms with Crippen LogP contribution in [0.3, 0.4) is 0 Å². The Balaban J connectivity index is 1.52. The molecule has 3 N–H and O–H groups in total. The van der Waals surface area contributed by atoms with E-state index in [0.29, 0.717) is 18.2 Å². The van der Waals surface area contributed by atoms with E-state index in [-0.39, 0.29) is 50.6 Å². The Morgan fingerprint density at radius 1 is 1.02 bits per heavy atom. The van der Waals surface area contributed by atoms with Gasteiger partial charge in [0.2, 0.25) is 17.7 Å². The average molecular weight is 629 g/mol. The van der Waals surface area contributed by atoms with Gasteiger partial charge in [0.05, 0.1) is 25.1 Å². The number of fused-ring (bicyclic) bond motifs is 1. The van der Waals surface area contributed by atoms with Crippen molar-refractivity contribution in [1.29, 1.82) is 0 Å². The Morgan fingerprint density at radius 2 is 1.76 bits per heavy atom. The van der Waals surface area contributed by atoms with Crippen LogP contribution in [0.4, 0.5) is 0 Å². The van der Waals surface area contributed by atoms with Crippen LogP contribution in [0.1, 0.15) is 60.2 Å². The summed E-state index contributed by atoms with van der Waals surface area (Å²) >= 11 is 0. The largest absolute Gasteiger partial charge is 0.491 e. The molecule has 10 nitrogen and oxygen atoms in total. The third-order valence-electron chi connectivity index (χ3n) is 7.91. The van der Waals surface area contributed by atoms with Crippen LogP contribution < -0.4 is 25.4 Å². The lowest BCUT2D eigenvalue weighted by molar-refractivity contribution is -0.137. The number of nitrogens with one attached hydrogen (secondary N) is 3. The number of aryl methyl sites for hydroxylation is 1. The van der Waals surface area contributed by atoms with E-state index in [4.69, 9.17) is 9.47 Å². The SMILES string of the molecule is CCN1CCOc2ccccc2C(=O)N[C@H](C(=O)NCCOc2cc(C(C)C)ccc2C)CC(=O)N[C@@H](Cc2ccccc2)C1=O. The highest BCUT2D eigenvalue weighted by molar-refractivity contribution is 6.01. The van der Waals surface area contributed by atoms with E-state index in [1.807, 2.05) is 56.3 Å². The van der Waals surface area contributed by atoms with Crippen LogP contribution in [0.25, 0.3) is 0 Å². The fourth-order valence-electron chi connectivity index (χ4n) is 5.21. The summed E-state index contributed by atoms with van der Waals surface area (Å²) in [6, 6.07) is 20.1. The lowest BCUT2D eigenvalue weighted by Crippen LogP contribution is -2.54. The molecule has 4 rings (SSSR count). The molecule has 0 saturated heterocycles. The van der Waals surface area contributed by atoms with Crippen LogP contribution in [-0.2, 0) is 20.8 Å². The number of likely N-dealkylation sites (N-methyl/N-ethyl adjacent to an activating group) is 1. The molecule has 1 aliphatic rings. The third kappa shape index (κ3) is 9.32. The second-order valence-corrected chi connectivity index (χ2v) is 11.6. The summed E-state index contributed by atoms with van der Waals surface area (Å²) in [4.78, 5) is 55.6. The standard InChI is InChI=1S/C36H44N4O6/c1-5-40-18-20-46-31-14-10-9-13-28(31)34(42)39-29(23-33(41)38-30(36(40)44)21-26-11-7-6-8-12-26)35(43)37-17-19-45-32-22-27(24(2)3)16-15-25(32)4/h6-16,22,24,29-30H,5,17-21,23H2,1-4H3,(H,37,43)(H,38,41)(H,39,42)/t29-,30-/m0/s1. The number of para-hydroxylation sites is 1. The second-order valence-electron chi connectivity index (χ2n) is 11.6. The predicted octanol–water partition coefficient (Wildman–Crippen LogP) is 3.77. The molecule has 0 saturated carbocycles. The number of nitrogens with zero attached hydrogens (tertiary/aromatic N) is 1. The number of carbonyl (C=O) groups is 4. The number of carbonyl (C=O) groups excluding carboxylic acids is 4. The van der Waals surface area contributed by atoms with E-state index in [9.17, 15) is 19.2 Å². The number of hydrogen-bond acceptors (Lipinski definition) is 6. The van der Waals surface area contributed by atoms with Crippen molar-refractivity contribution in [3.05, 3.63) is 95.1 Å². The van der Waals surface area contributed by atoms with Crippen LogP contribution in [0.5, 0.6) is 11.5 Å². The van der Waals surface area contributed by atoms with E-state index in [2.05, 4.69) is 35.9 Å². The lowest BCUT2D eigenvalue weighted by atomic mass is 10.0. The van der Waals surface area contributed by atoms with Crippen LogP contribution in [-0.4, -0.2) is 73.5 Å². The molecule has 3 aromatic carbocycles. The van der Waals surface area contributed by atoms with Crippen molar-refractivity contribution in [2.75, 3.05) is 32.8 Å². The summed E-state index contributed by atoms with van der Waals surface area (Å²) in [5.74, 6) is -0.503. The van der Waals surface area contributed by atoms with Gasteiger partial charge in [-0.1, -0.05) is 68.4 Å². The minimum Gasteiger partial charge on any atom is -0.491 e. The Kier molecular flexibility index (Phi) is 12.2. The van der Waals surface area contributed by atoms with Crippen molar-refractivity contribution >= 4 is 23.6 Å². The van der Waals surface area contributed by atoms with E-state index < -0.39 is 29.8 Å². The van der Waals surface area contributed by atoms with Crippen molar-refractivity contribution in [3.8, 4) is 11.5 Å². The molecule has 2 atom stereocenters. The maximum atomic E-state index is 13.7. The Morgan fingerprint density at radius 3 is 2.50 bits per heavy atom. The van der Waals surface area contributed by atoms with Crippen molar-refractivity contribution in [1.82, 2.24) is 20.9 Å². The minimum atomic E-state index is -1.22. The maximum Gasteiger partial charge on any atom is 0.255 e. The molecule has 0 unspecified atom stereocenters. The first-order chi connectivity index (χ1) is 22.2. The van der Waals surface area contributed by atoms with Crippen molar-refractivity contribution in [3.63, 3.8) is 0 Å². The van der Waals surface area contributed by atoms with Gasteiger partial charge in [0.25, 0.3) is 5.91 Å². The van der Waals surface area contributed by atoms with Gasteiger partial charge in [-0.05, 0) is 54.7 Å². The summed E-state index contributed by atoms with van der Waals surface area (Å²) in [5, 5.41) is 8.34. The normalized spacial score (nSPS) is 17.7. The minimum absolute atomic E-state index is 0.138. The third-order valence-corrected chi connectivity index (χ3v) is 7.91. The molecule has 0 bridgehead atoms. The summed E-state index contributed by atoms with van der Waals surface area (Å²) < 4.78 is 11.9. The number of ether oxygens (including phenoxy) is 2. The molecule has 10 heteroatoms. The van der Waals surface area contributed by atoms with Crippen LogP contribution in [0, 0.1) is 6.92 Å². The second kappa shape index (κ2) is 16.5. The molecular weight excluding hydrogens is 584 g/mol. The zero-order valence-corrected chi connectivity index (χ0v) is 27.0. The van der Waals surface area contributed by atoms with E-state index >= 15 is 0 Å². The average Bonchev–Trinajstić information content (AvgIpc) is 3.05. The topological polar surface area (TPSA) is 126 Å². The first kappa shape index (κ1) is 34.0. The fraction of sp³-hybridized carbons (Fsp3) is 0.389. The monoisotopic (exact) mass is 628 g/mol. The predicted molar refractivity (Wildman–Crippen MR) is 176 cm³/mol. The van der Waals surface area contributed by atoms with Gasteiger partial charge in [-0.25, -0.2) is 0 Å². The molecule has 244 valence electrons. The van der Waals surface area contributed by atoms with Crippen LogP contribution >= 0.6 is 0 Å². The molecule has 4 amide bonds. The Bertz CT molecular complexity index is 1510. The molecule has 0 fully saturated rings. The molecule has 0 radical (unpaired) electrons. The van der Waals surface area contributed by atoms with Gasteiger partial charge in [-0.15, -0.1) is 0 Å². The highest BCUT2D eigenvalue weighted by Crippen LogP contribution is 2.24. The van der Waals surface area contributed by atoms with Gasteiger partial charge in [-0.3, -0.25) is 19.2 Å². The lowest BCUT2D eigenvalue weighted by Gasteiger charge is -2.28. The van der Waals surface area contributed by atoms with Gasteiger partial charge in [0.15, 0.2) is 0 Å². The smallest absolute Gasteiger partial charge is 0.255 e. The van der Waals surface area contributed by atoms with Crippen LogP contribution in [0.2, 0.25) is 0 Å². The first-order valence-electron chi connectivity index (χ1n) is 15.8. The van der Waals surface area contributed by atoms with Crippen molar-refractivity contribution < 1.29 is 28.7 Å². The highest BCUT2D eigenvalue weighted by atomic mass is 16.5. The van der Waals surface area contributed by atoms with Gasteiger partial charge in [0.1, 0.15) is 36.8 Å². The van der Waals surface area contributed by atoms with E-state index in [1.54, 1.807) is 29.2 Å². The van der Waals surface area contributed by atoms with Gasteiger partial charge < -0.3 is 30.3 Å². The Hall–Kier alpha value is -4.86. The number of rotatable bonds is 9. The summed E-state index contributed by atoms with van der Waals surface area (Å²) in [7, 11) is 0. The fourth-order valence-corrected chi connectivity index (χ4v) is 5.21. The number of amides is 4. The van der Waals surface area contributed by atoms with E-state index in [1.165, 1.54) is 0 Å². The van der Waals surface area contributed by atoms with E-state index in [0.717, 1.165) is 22.4 Å². The summed E-state index contributed by atoms with van der Waals surface area (Å²) in [6.45, 7) is 9.18. The van der Waals surface area contributed by atoms with Crippen molar-refractivity contribution in [2.45, 2.75) is 58.5 Å². The molecule has 46 heavy (non-hydrogen) atoms. The van der Waals surface area contributed by atoms with Gasteiger partial charge in [0, 0.05) is 13.0 Å². The number of benzene rings is 3. The molecular formula is C36H44N4O6. The zero-order valence-electron chi connectivity index (χ0n) is 27.0.